The van der Waals surface area contributed by atoms with E-state index in [1.165, 1.54) is 0 Å². The van der Waals surface area contributed by atoms with Gasteiger partial charge < -0.3 is 14.0 Å². The summed E-state index contributed by atoms with van der Waals surface area (Å²) in [6.07, 6.45) is 0.0399. The van der Waals surface area contributed by atoms with E-state index in [9.17, 15) is 0 Å². The van der Waals surface area contributed by atoms with Crippen molar-refractivity contribution in [2.45, 2.75) is 19.9 Å². The van der Waals surface area contributed by atoms with Crippen molar-refractivity contribution in [2.24, 2.45) is 5.92 Å². The van der Waals surface area contributed by atoms with E-state index < -0.39 is 8.56 Å². The van der Waals surface area contributed by atoms with Crippen molar-refractivity contribution in [3.63, 3.8) is 0 Å². The third-order valence-corrected chi connectivity index (χ3v) is 5.11. The Morgan fingerprint density at radius 3 is 1.82 bits per heavy atom. The van der Waals surface area contributed by atoms with Crippen molar-refractivity contribution in [1.29, 1.82) is 0 Å². The van der Waals surface area contributed by atoms with E-state index in [-0.39, 0.29) is 6.23 Å². The van der Waals surface area contributed by atoms with Crippen molar-refractivity contribution in [2.75, 3.05) is 20.4 Å². The number of hydrogen-bond donors (Lipinski definition) is 1. The van der Waals surface area contributed by atoms with Crippen LogP contribution in [0.3, 0.4) is 0 Å². The Hall–Kier alpha value is 0.0969. The molecule has 0 radical (unpaired) electrons. The molecule has 0 amide bonds. The molecule has 0 aromatic carbocycles. The average Bonchev–Trinajstić information content (AvgIpc) is 2.00. The van der Waals surface area contributed by atoms with Crippen LogP contribution >= 0.6 is 0 Å². The first-order valence-corrected chi connectivity index (χ1v) is 6.04. The smallest absolute Gasteiger partial charge is 0.364 e. The van der Waals surface area contributed by atoms with Gasteiger partial charge in [-0.05, 0) is 12.0 Å². The number of aliphatic hydroxyl groups excluding tert-OH is 1. The summed E-state index contributed by atoms with van der Waals surface area (Å²) in [6.45, 7) is 4.19. The molecule has 0 fully saturated rings. The molecule has 0 spiro atoms. The lowest BCUT2D eigenvalue weighted by atomic mass is 10.3. The highest BCUT2D eigenvalue weighted by atomic mass is 28.4. The van der Waals surface area contributed by atoms with Gasteiger partial charge in [-0.15, -0.1) is 0 Å². The van der Waals surface area contributed by atoms with Gasteiger partial charge in [-0.2, -0.15) is 0 Å². The van der Waals surface area contributed by atoms with Crippen molar-refractivity contribution in [1.82, 2.24) is 0 Å². The maximum Gasteiger partial charge on any atom is 0.364 e. The van der Waals surface area contributed by atoms with Crippen LogP contribution < -0.4 is 0 Å². The molecule has 0 aliphatic rings. The lowest BCUT2D eigenvalue weighted by molar-refractivity contribution is 0.192. The maximum absolute atomic E-state index is 9.04. The van der Waals surface area contributed by atoms with Crippen LogP contribution in [-0.2, 0) is 8.85 Å². The predicted molar refractivity (Wildman–Crippen MR) is 46.5 cm³/mol. The zero-order valence-corrected chi connectivity index (χ0v) is 8.76. The molecule has 0 aliphatic heterocycles. The number of aliphatic hydroxyl groups is 1. The van der Waals surface area contributed by atoms with E-state index >= 15 is 0 Å². The van der Waals surface area contributed by atoms with E-state index in [4.69, 9.17) is 14.0 Å². The van der Waals surface area contributed by atoms with Crippen LogP contribution in [0.15, 0.2) is 0 Å². The van der Waals surface area contributed by atoms with E-state index in [1.54, 1.807) is 14.2 Å². The standard InChI is InChI=1S/C7H18O3Si/c1-7(2)5-11(6-8,9-3)10-4/h7-8H,5-6H2,1-4H3. The van der Waals surface area contributed by atoms with Gasteiger partial charge in [-0.1, -0.05) is 13.8 Å². The van der Waals surface area contributed by atoms with Gasteiger partial charge in [0.2, 0.25) is 0 Å². The predicted octanol–water partition coefficient (Wildman–Crippen LogP) is 0.909. The zero-order valence-electron chi connectivity index (χ0n) is 7.76. The molecule has 0 unspecified atom stereocenters. The fraction of sp³-hybridized carbons (Fsp3) is 1.00. The van der Waals surface area contributed by atoms with Crippen LogP contribution in [-0.4, -0.2) is 34.1 Å². The lowest BCUT2D eigenvalue weighted by Gasteiger charge is -2.26. The second kappa shape index (κ2) is 4.87. The van der Waals surface area contributed by atoms with Gasteiger partial charge in [0, 0.05) is 14.2 Å². The molecule has 0 saturated heterocycles. The molecule has 0 aromatic rings. The molecule has 3 nitrogen and oxygen atoms in total. The van der Waals surface area contributed by atoms with Crippen LogP contribution in [0.2, 0.25) is 6.04 Å². The Bertz CT molecular complexity index is 93.6. The molecule has 0 aromatic heterocycles. The van der Waals surface area contributed by atoms with Crippen LogP contribution in [0.25, 0.3) is 0 Å². The molecule has 0 atom stereocenters. The van der Waals surface area contributed by atoms with Crippen molar-refractivity contribution in [3.8, 4) is 0 Å². The van der Waals surface area contributed by atoms with Gasteiger partial charge in [0.25, 0.3) is 0 Å². The molecule has 4 heteroatoms. The zero-order chi connectivity index (χ0) is 8.91. The fourth-order valence-electron chi connectivity index (χ4n) is 1.07. The third kappa shape index (κ3) is 3.33. The molecule has 0 bridgehead atoms. The molecule has 11 heavy (non-hydrogen) atoms. The average molecular weight is 178 g/mol. The summed E-state index contributed by atoms with van der Waals surface area (Å²) in [4.78, 5) is 0. The van der Waals surface area contributed by atoms with Crippen LogP contribution in [0.4, 0.5) is 0 Å². The van der Waals surface area contributed by atoms with E-state index in [0.29, 0.717) is 5.92 Å². The molecule has 1 N–H and O–H groups in total. The number of hydrogen-bond acceptors (Lipinski definition) is 3. The van der Waals surface area contributed by atoms with Gasteiger partial charge in [-0.25, -0.2) is 0 Å². The second-order valence-corrected chi connectivity index (χ2v) is 6.44. The molecule has 0 saturated carbocycles. The Labute approximate surface area is 69.6 Å². The summed E-state index contributed by atoms with van der Waals surface area (Å²) in [5.74, 6) is 0.508. The normalized spacial score (nSPS) is 12.5. The van der Waals surface area contributed by atoms with Crippen LogP contribution in [0.5, 0.6) is 0 Å². The van der Waals surface area contributed by atoms with Crippen molar-refractivity contribution in [3.05, 3.63) is 0 Å². The SMILES string of the molecule is CO[Si](CO)(CC(C)C)OC. The summed E-state index contributed by atoms with van der Waals surface area (Å²) < 4.78 is 10.4. The Kier molecular flexibility index (Phi) is 4.91. The topological polar surface area (TPSA) is 38.7 Å². The molecular weight excluding hydrogens is 160 g/mol. The van der Waals surface area contributed by atoms with E-state index in [2.05, 4.69) is 13.8 Å². The molecule has 0 rings (SSSR count). The highest BCUT2D eigenvalue weighted by molar-refractivity contribution is 6.67. The van der Waals surface area contributed by atoms with E-state index in [1.807, 2.05) is 0 Å². The molecule has 0 heterocycles. The molecule has 68 valence electrons. The quantitative estimate of drug-likeness (QED) is 0.636. The van der Waals surface area contributed by atoms with Crippen LogP contribution in [0, 0.1) is 5.92 Å². The van der Waals surface area contributed by atoms with Crippen LogP contribution in [0.1, 0.15) is 13.8 Å². The Morgan fingerprint density at radius 2 is 1.73 bits per heavy atom. The summed E-state index contributed by atoms with van der Waals surface area (Å²) >= 11 is 0. The van der Waals surface area contributed by atoms with Gasteiger partial charge >= 0.3 is 8.56 Å². The van der Waals surface area contributed by atoms with Gasteiger partial charge in [0.1, 0.15) is 0 Å². The number of rotatable bonds is 5. The second-order valence-electron chi connectivity index (χ2n) is 3.08. The fourth-order valence-corrected chi connectivity index (χ4v) is 3.20. The minimum Gasteiger partial charge on any atom is -0.396 e. The Balaban J connectivity index is 4.05. The summed E-state index contributed by atoms with van der Waals surface area (Å²) in [7, 11) is 0.986. The first-order chi connectivity index (χ1) is 5.10. The Morgan fingerprint density at radius 1 is 1.27 bits per heavy atom. The highest BCUT2D eigenvalue weighted by Gasteiger charge is 2.35. The monoisotopic (exact) mass is 178 g/mol. The minimum atomic E-state index is -2.22. The summed E-state index contributed by atoms with van der Waals surface area (Å²) in [6, 6.07) is 0.844. The molecular formula is C7H18O3Si. The first-order valence-electron chi connectivity index (χ1n) is 3.81. The van der Waals surface area contributed by atoms with Crippen molar-refractivity contribution < 1.29 is 14.0 Å². The molecule has 0 aliphatic carbocycles. The highest BCUT2D eigenvalue weighted by Crippen LogP contribution is 2.16. The maximum atomic E-state index is 9.04. The first kappa shape index (κ1) is 11.1. The lowest BCUT2D eigenvalue weighted by Crippen LogP contribution is -2.45. The summed E-state index contributed by atoms with van der Waals surface area (Å²) in [5.41, 5.74) is 0. The van der Waals surface area contributed by atoms with E-state index in [0.717, 1.165) is 6.04 Å². The third-order valence-electron chi connectivity index (χ3n) is 1.70. The van der Waals surface area contributed by atoms with Gasteiger partial charge in [-0.3, -0.25) is 0 Å². The largest absolute Gasteiger partial charge is 0.396 e. The van der Waals surface area contributed by atoms with Crippen molar-refractivity contribution >= 4 is 8.56 Å². The minimum absolute atomic E-state index is 0.0399. The summed E-state index contributed by atoms with van der Waals surface area (Å²) in [5, 5.41) is 9.04. The van der Waals surface area contributed by atoms with Gasteiger partial charge in [0.05, 0.1) is 6.23 Å². The van der Waals surface area contributed by atoms with Gasteiger partial charge in [0.15, 0.2) is 0 Å².